The third-order valence-electron chi connectivity index (χ3n) is 3.34. The summed E-state index contributed by atoms with van der Waals surface area (Å²) >= 11 is 1.52. The second kappa shape index (κ2) is 8.80. The molecule has 2 rings (SSSR count). The number of benzene rings is 2. The summed E-state index contributed by atoms with van der Waals surface area (Å²) < 4.78 is 40.1. The van der Waals surface area contributed by atoms with Gasteiger partial charge in [0.25, 0.3) is 0 Å². The number of carbonyl (C=O) groups excluding carboxylic acids is 1. The molecule has 2 aromatic rings. The van der Waals surface area contributed by atoms with Crippen LogP contribution in [0.4, 0.5) is 13.2 Å². The zero-order chi connectivity index (χ0) is 18.3. The van der Waals surface area contributed by atoms with Crippen LogP contribution in [0, 0.1) is 0 Å². The fraction of sp³-hybridized carbons (Fsp3) is 0.278. The van der Waals surface area contributed by atoms with Gasteiger partial charge in [0.05, 0.1) is 5.25 Å². The van der Waals surface area contributed by atoms with E-state index in [-0.39, 0.29) is 23.5 Å². The highest BCUT2D eigenvalue weighted by Gasteiger charge is 2.30. The molecular formula is C18H18F3NO2S. The molecule has 2 aromatic carbocycles. The molecule has 0 aromatic heterocycles. The summed E-state index contributed by atoms with van der Waals surface area (Å²) in [5, 5.41) is 2.55. The van der Waals surface area contributed by atoms with Crippen LogP contribution in [-0.4, -0.2) is 17.5 Å². The Kier molecular flexibility index (Phi) is 6.75. The van der Waals surface area contributed by atoms with E-state index in [0.717, 1.165) is 11.3 Å². The summed E-state index contributed by atoms with van der Waals surface area (Å²) in [4.78, 5) is 12.1. The average molecular weight is 369 g/mol. The second-order valence-corrected chi connectivity index (χ2v) is 6.68. The van der Waals surface area contributed by atoms with Crippen molar-refractivity contribution in [2.24, 2.45) is 0 Å². The van der Waals surface area contributed by atoms with E-state index in [1.807, 2.05) is 37.3 Å². The van der Waals surface area contributed by atoms with Gasteiger partial charge in [0.1, 0.15) is 5.75 Å². The Balaban J connectivity index is 1.77. The van der Waals surface area contributed by atoms with E-state index in [0.29, 0.717) is 5.56 Å². The third-order valence-corrected chi connectivity index (χ3v) is 4.55. The Morgan fingerprint density at radius 2 is 1.72 bits per heavy atom. The van der Waals surface area contributed by atoms with Gasteiger partial charge in [0.2, 0.25) is 5.91 Å². The molecular weight excluding hydrogens is 351 g/mol. The summed E-state index contributed by atoms with van der Waals surface area (Å²) in [7, 11) is 0. The highest BCUT2D eigenvalue weighted by molar-refractivity contribution is 7.99. The van der Waals surface area contributed by atoms with Crippen LogP contribution < -0.4 is 10.1 Å². The summed E-state index contributed by atoms with van der Waals surface area (Å²) in [6.45, 7) is 2.07. The van der Waals surface area contributed by atoms with Gasteiger partial charge >= 0.3 is 6.36 Å². The molecule has 1 N–H and O–H groups in total. The summed E-state index contributed by atoms with van der Waals surface area (Å²) in [6, 6.07) is 15.3. The smallest absolute Gasteiger partial charge is 0.406 e. The molecule has 3 nitrogen and oxygen atoms in total. The summed E-state index contributed by atoms with van der Waals surface area (Å²) in [5.74, 6) is 0.338. The van der Waals surface area contributed by atoms with Crippen molar-refractivity contribution in [2.45, 2.75) is 30.8 Å². The lowest BCUT2D eigenvalue weighted by Crippen LogP contribution is -2.30. The third kappa shape index (κ3) is 7.09. The van der Waals surface area contributed by atoms with E-state index in [9.17, 15) is 18.0 Å². The molecule has 0 saturated heterocycles. The van der Waals surface area contributed by atoms with Crippen LogP contribution in [0.1, 0.15) is 18.1 Å². The minimum Gasteiger partial charge on any atom is -0.406 e. The van der Waals surface area contributed by atoms with Crippen molar-refractivity contribution in [1.82, 2.24) is 5.32 Å². The first-order valence-corrected chi connectivity index (χ1v) is 8.66. The zero-order valence-corrected chi connectivity index (χ0v) is 14.4. The Labute approximate surface area is 148 Å². The maximum atomic E-state index is 12.1. The van der Waals surface area contributed by atoms with Gasteiger partial charge in [-0.15, -0.1) is 24.9 Å². The van der Waals surface area contributed by atoms with Gasteiger partial charge in [-0.1, -0.05) is 42.5 Å². The normalized spacial score (nSPS) is 12.5. The Bertz CT molecular complexity index is 675. The number of thioether (sulfide) groups is 1. The van der Waals surface area contributed by atoms with E-state index < -0.39 is 6.36 Å². The molecule has 0 saturated carbocycles. The molecule has 0 bridgehead atoms. The highest BCUT2D eigenvalue weighted by Crippen LogP contribution is 2.23. The number of hydrogen-bond donors (Lipinski definition) is 1. The standard InChI is InChI=1S/C18H18F3NO2S/c1-13(25-12-15-5-3-2-4-6-15)17(23)22-11-14-7-9-16(10-8-14)24-18(19,20)21/h2-10,13H,11-12H2,1H3,(H,22,23). The molecule has 0 fully saturated rings. The van der Waals surface area contributed by atoms with E-state index in [1.165, 1.54) is 36.0 Å². The van der Waals surface area contributed by atoms with Gasteiger partial charge in [-0.25, -0.2) is 0 Å². The van der Waals surface area contributed by atoms with Crippen molar-refractivity contribution in [1.29, 1.82) is 0 Å². The molecule has 0 heterocycles. The number of carbonyl (C=O) groups is 1. The molecule has 25 heavy (non-hydrogen) atoms. The summed E-state index contributed by atoms with van der Waals surface area (Å²) in [6.07, 6.45) is -4.71. The maximum absolute atomic E-state index is 12.1. The summed E-state index contributed by atoms with van der Waals surface area (Å²) in [5.41, 5.74) is 1.84. The predicted molar refractivity (Wildman–Crippen MR) is 92.2 cm³/mol. The van der Waals surface area contributed by atoms with E-state index in [1.54, 1.807) is 0 Å². The number of ether oxygens (including phenoxy) is 1. The van der Waals surface area contributed by atoms with Crippen molar-refractivity contribution < 1.29 is 22.7 Å². The van der Waals surface area contributed by atoms with Gasteiger partial charge in [0, 0.05) is 12.3 Å². The molecule has 1 amide bonds. The van der Waals surface area contributed by atoms with Crippen LogP contribution in [0.2, 0.25) is 0 Å². The number of alkyl halides is 3. The molecule has 1 unspecified atom stereocenters. The van der Waals surface area contributed by atoms with Crippen LogP contribution >= 0.6 is 11.8 Å². The van der Waals surface area contributed by atoms with E-state index in [4.69, 9.17) is 0 Å². The predicted octanol–water partition coefficient (Wildman–Crippen LogP) is 4.52. The van der Waals surface area contributed by atoms with Crippen LogP contribution in [0.15, 0.2) is 54.6 Å². The fourth-order valence-corrected chi connectivity index (χ4v) is 2.88. The van der Waals surface area contributed by atoms with Gasteiger partial charge in [0.15, 0.2) is 0 Å². The fourth-order valence-electron chi connectivity index (χ4n) is 2.01. The molecule has 134 valence electrons. The SMILES string of the molecule is CC(SCc1ccccc1)C(=O)NCc1ccc(OC(F)(F)F)cc1. The Morgan fingerprint density at radius 1 is 1.08 bits per heavy atom. The van der Waals surface area contributed by atoms with Crippen molar-refractivity contribution in [3.8, 4) is 5.75 Å². The second-order valence-electron chi connectivity index (χ2n) is 5.35. The first-order valence-electron chi connectivity index (χ1n) is 7.61. The van der Waals surface area contributed by atoms with Gasteiger partial charge in [-0.05, 0) is 30.2 Å². The van der Waals surface area contributed by atoms with Crippen molar-refractivity contribution >= 4 is 17.7 Å². The first-order chi connectivity index (χ1) is 11.8. The van der Waals surface area contributed by atoms with E-state index >= 15 is 0 Å². The van der Waals surface area contributed by atoms with Crippen LogP contribution in [0.3, 0.4) is 0 Å². The molecule has 0 spiro atoms. The lowest BCUT2D eigenvalue weighted by molar-refractivity contribution is -0.274. The van der Waals surface area contributed by atoms with Gasteiger partial charge < -0.3 is 10.1 Å². The minimum atomic E-state index is -4.71. The number of rotatable bonds is 7. The molecule has 0 aliphatic heterocycles. The minimum absolute atomic E-state index is 0.114. The number of amides is 1. The van der Waals surface area contributed by atoms with Crippen molar-refractivity contribution in [2.75, 3.05) is 0 Å². The van der Waals surface area contributed by atoms with Gasteiger partial charge in [-0.3, -0.25) is 4.79 Å². The van der Waals surface area contributed by atoms with Crippen LogP contribution in [0.25, 0.3) is 0 Å². The molecule has 7 heteroatoms. The van der Waals surface area contributed by atoms with E-state index in [2.05, 4.69) is 10.1 Å². The Hall–Kier alpha value is -2.15. The monoisotopic (exact) mass is 369 g/mol. The Morgan fingerprint density at radius 3 is 2.32 bits per heavy atom. The first kappa shape index (κ1) is 19.2. The number of halogens is 3. The molecule has 0 aliphatic rings. The van der Waals surface area contributed by atoms with Crippen molar-refractivity contribution in [3.05, 3.63) is 65.7 Å². The number of hydrogen-bond acceptors (Lipinski definition) is 3. The zero-order valence-electron chi connectivity index (χ0n) is 13.5. The van der Waals surface area contributed by atoms with Gasteiger partial charge in [-0.2, -0.15) is 0 Å². The topological polar surface area (TPSA) is 38.3 Å². The number of nitrogens with one attached hydrogen (secondary N) is 1. The lowest BCUT2D eigenvalue weighted by Gasteiger charge is -2.13. The average Bonchev–Trinajstić information content (AvgIpc) is 2.58. The molecule has 0 aliphatic carbocycles. The van der Waals surface area contributed by atoms with Crippen molar-refractivity contribution in [3.63, 3.8) is 0 Å². The molecule has 1 atom stereocenters. The highest BCUT2D eigenvalue weighted by atomic mass is 32.2. The lowest BCUT2D eigenvalue weighted by atomic mass is 10.2. The largest absolute Gasteiger partial charge is 0.573 e. The quantitative estimate of drug-likeness (QED) is 0.780. The maximum Gasteiger partial charge on any atom is 0.573 e. The molecule has 0 radical (unpaired) electrons. The van der Waals surface area contributed by atoms with Crippen LogP contribution in [-0.2, 0) is 17.1 Å². The van der Waals surface area contributed by atoms with Crippen LogP contribution in [0.5, 0.6) is 5.75 Å².